The third-order valence-corrected chi connectivity index (χ3v) is 5.59. The maximum Gasteiger partial charge on any atom is 0.329 e. The van der Waals surface area contributed by atoms with E-state index in [2.05, 4.69) is 85.3 Å². The largest absolute Gasteiger partial charge is 0.329 e. The molecule has 1 aromatic carbocycles. The topological polar surface area (TPSA) is 0 Å². The van der Waals surface area contributed by atoms with Gasteiger partial charge in [0.2, 0.25) is 0 Å². The van der Waals surface area contributed by atoms with Gasteiger partial charge in [0.1, 0.15) is 0 Å². The molecular formula is C9H12BBr3Si. The second-order valence-electron chi connectivity index (χ2n) is 4.28. The van der Waals surface area contributed by atoms with Gasteiger partial charge in [-0.15, -0.1) is 31.5 Å². The first kappa shape index (κ1) is 13.0. The molecule has 0 atom stereocenters. The third kappa shape index (κ3) is 3.22. The maximum absolute atomic E-state index is 3.57. The lowest BCUT2D eigenvalue weighted by Crippen LogP contribution is -2.50. The molecule has 0 bridgehead atoms. The van der Waals surface area contributed by atoms with Gasteiger partial charge in [-0.1, -0.05) is 52.3 Å². The molecule has 0 aliphatic heterocycles. The van der Waals surface area contributed by atoms with Gasteiger partial charge in [0, 0.05) is 4.47 Å². The van der Waals surface area contributed by atoms with Crippen molar-refractivity contribution in [2.24, 2.45) is 0 Å². The van der Waals surface area contributed by atoms with Crippen LogP contribution in [0.5, 0.6) is 0 Å². The normalized spacial score (nSPS) is 11.6. The molecule has 5 heteroatoms. The molecule has 0 aliphatic carbocycles. The molecule has 0 spiro atoms. The first-order valence-corrected chi connectivity index (χ1v) is 10.5. The Hall–Kier alpha value is 0.942. The molecule has 0 radical (unpaired) electrons. The van der Waals surface area contributed by atoms with Gasteiger partial charge in [0.05, 0.1) is 8.07 Å². The predicted octanol–water partition coefficient (Wildman–Crippen LogP) is 3.48. The highest BCUT2D eigenvalue weighted by molar-refractivity contribution is 9.49. The molecule has 0 unspecified atom stereocenters. The molecule has 0 nitrogen and oxygen atoms in total. The Morgan fingerprint density at radius 1 is 1.14 bits per heavy atom. The average Bonchev–Trinajstić information content (AvgIpc) is 2.01. The second-order valence-corrected chi connectivity index (χ2v) is 13.3. The Balaban J connectivity index is 3.30. The van der Waals surface area contributed by atoms with Crippen LogP contribution in [0.4, 0.5) is 0 Å². The van der Waals surface area contributed by atoms with Crippen molar-refractivity contribution in [3.05, 3.63) is 22.7 Å². The summed E-state index contributed by atoms with van der Waals surface area (Å²) in [5, 5.41) is 1.49. The number of benzene rings is 1. The van der Waals surface area contributed by atoms with Gasteiger partial charge in [0.15, 0.2) is 0 Å². The van der Waals surface area contributed by atoms with Crippen molar-refractivity contribution in [3.63, 3.8) is 0 Å². The molecule has 0 saturated carbocycles. The first-order valence-electron chi connectivity index (χ1n) is 4.40. The number of halogens is 3. The Bertz CT molecular complexity index is 333. The smallest absolute Gasteiger partial charge is 0.132 e. The number of hydrogen-bond donors (Lipinski definition) is 0. The van der Waals surface area contributed by atoms with E-state index in [1.54, 1.807) is 0 Å². The van der Waals surface area contributed by atoms with Gasteiger partial charge in [-0.05, 0) is 12.1 Å². The molecule has 0 N–H and O–H groups in total. The summed E-state index contributed by atoms with van der Waals surface area (Å²) < 4.78 is 1.42. The van der Waals surface area contributed by atoms with Crippen LogP contribution in [0.15, 0.2) is 22.7 Å². The van der Waals surface area contributed by atoms with Crippen LogP contribution >= 0.6 is 47.4 Å². The highest BCUT2D eigenvalue weighted by Gasteiger charge is 2.23. The van der Waals surface area contributed by atoms with Crippen LogP contribution in [0.25, 0.3) is 0 Å². The van der Waals surface area contributed by atoms with Gasteiger partial charge < -0.3 is 0 Å². The van der Waals surface area contributed by atoms with Crippen molar-refractivity contribution in [2.45, 2.75) is 19.6 Å². The van der Waals surface area contributed by atoms with E-state index in [0.29, 0.717) is 0 Å². The van der Waals surface area contributed by atoms with E-state index in [4.69, 9.17) is 0 Å². The SMILES string of the molecule is C[Si](C)(C)c1cc(Br)ccc1B(Br)Br. The van der Waals surface area contributed by atoms with Crippen molar-refractivity contribution in [1.82, 2.24) is 0 Å². The zero-order valence-electron chi connectivity index (χ0n) is 8.44. The fraction of sp³-hybridized carbons (Fsp3) is 0.333. The quantitative estimate of drug-likeness (QED) is 0.669. The lowest BCUT2D eigenvalue weighted by Gasteiger charge is -2.21. The first-order chi connectivity index (χ1) is 6.32. The van der Waals surface area contributed by atoms with E-state index < -0.39 is 8.07 Å². The van der Waals surface area contributed by atoms with Crippen LogP contribution in [0.2, 0.25) is 19.6 Å². The lowest BCUT2D eigenvalue weighted by atomic mass is 9.95. The summed E-state index contributed by atoms with van der Waals surface area (Å²) in [4.78, 5) is 0. The van der Waals surface area contributed by atoms with Crippen LogP contribution in [0, 0.1) is 0 Å². The highest BCUT2D eigenvalue weighted by atomic mass is 79.9. The minimum atomic E-state index is -1.26. The zero-order chi connectivity index (χ0) is 10.9. The van der Waals surface area contributed by atoms with E-state index in [1.807, 2.05) is 0 Å². The molecule has 0 fully saturated rings. The van der Waals surface area contributed by atoms with E-state index in [1.165, 1.54) is 15.1 Å². The van der Waals surface area contributed by atoms with E-state index in [9.17, 15) is 0 Å². The molecule has 0 amide bonds. The lowest BCUT2D eigenvalue weighted by molar-refractivity contribution is 1.67. The van der Waals surface area contributed by atoms with Crippen LogP contribution in [-0.4, -0.2) is 12.4 Å². The monoisotopic (exact) mass is 396 g/mol. The van der Waals surface area contributed by atoms with Crippen molar-refractivity contribution in [1.29, 1.82) is 0 Å². The summed E-state index contributed by atoms with van der Waals surface area (Å²) in [6.45, 7) is 7.09. The molecule has 0 aliphatic rings. The summed E-state index contributed by atoms with van der Waals surface area (Å²) >= 11 is 10.7. The molecule has 0 heterocycles. The Kier molecular flexibility index (Phi) is 4.51. The summed E-state index contributed by atoms with van der Waals surface area (Å²) in [6.07, 6.45) is 0. The summed E-state index contributed by atoms with van der Waals surface area (Å²) in [7, 11) is -1.26. The van der Waals surface area contributed by atoms with Crippen molar-refractivity contribution in [3.8, 4) is 0 Å². The summed E-state index contributed by atoms with van der Waals surface area (Å²) in [5.74, 6) is 0. The van der Waals surface area contributed by atoms with Crippen molar-refractivity contribution in [2.75, 3.05) is 0 Å². The van der Waals surface area contributed by atoms with Crippen molar-refractivity contribution >= 4 is 70.5 Å². The zero-order valence-corrected chi connectivity index (χ0v) is 14.2. The summed E-state index contributed by atoms with van der Waals surface area (Å²) in [5.41, 5.74) is 1.35. The predicted molar refractivity (Wildman–Crippen MR) is 80.4 cm³/mol. The Labute approximate surface area is 112 Å². The molecule has 1 aromatic rings. The molecule has 14 heavy (non-hydrogen) atoms. The standard InChI is InChI=1S/C9H12BBr3Si/c1-14(2,3)9-6-7(11)4-5-8(9)10(12)13/h4-6H,1-3H3. The highest BCUT2D eigenvalue weighted by Crippen LogP contribution is 2.12. The van der Waals surface area contributed by atoms with E-state index >= 15 is 0 Å². The fourth-order valence-corrected chi connectivity index (χ4v) is 4.84. The molecular weight excluding hydrogens is 387 g/mol. The van der Waals surface area contributed by atoms with Crippen molar-refractivity contribution < 1.29 is 0 Å². The number of rotatable bonds is 2. The van der Waals surface area contributed by atoms with E-state index in [0.717, 1.165) is 0 Å². The third-order valence-electron chi connectivity index (χ3n) is 2.06. The fourth-order valence-electron chi connectivity index (χ4n) is 1.37. The average molecular weight is 399 g/mol. The van der Waals surface area contributed by atoms with Crippen LogP contribution in [0.3, 0.4) is 0 Å². The van der Waals surface area contributed by atoms with Gasteiger partial charge >= 0.3 is 4.36 Å². The minimum absolute atomic E-state index is 0.254. The molecule has 0 aromatic heterocycles. The van der Waals surface area contributed by atoms with Gasteiger partial charge in [-0.2, -0.15) is 0 Å². The van der Waals surface area contributed by atoms with Gasteiger partial charge in [0.25, 0.3) is 0 Å². The molecule has 76 valence electrons. The van der Waals surface area contributed by atoms with E-state index in [-0.39, 0.29) is 4.36 Å². The second kappa shape index (κ2) is 4.85. The Morgan fingerprint density at radius 3 is 2.14 bits per heavy atom. The van der Waals surface area contributed by atoms with Crippen LogP contribution in [0.1, 0.15) is 0 Å². The molecule has 0 saturated heterocycles. The van der Waals surface area contributed by atoms with Crippen LogP contribution < -0.4 is 10.6 Å². The minimum Gasteiger partial charge on any atom is -0.132 e. The van der Waals surface area contributed by atoms with Gasteiger partial charge in [-0.3, -0.25) is 0 Å². The van der Waals surface area contributed by atoms with Gasteiger partial charge in [-0.25, -0.2) is 0 Å². The Morgan fingerprint density at radius 2 is 1.71 bits per heavy atom. The molecule has 1 rings (SSSR count). The number of hydrogen-bond acceptors (Lipinski definition) is 0. The summed E-state index contributed by atoms with van der Waals surface area (Å²) in [6, 6.07) is 6.51. The van der Waals surface area contributed by atoms with Crippen LogP contribution in [-0.2, 0) is 0 Å². The maximum atomic E-state index is 3.57.